The summed E-state index contributed by atoms with van der Waals surface area (Å²) in [5.41, 5.74) is 7.47. The molecule has 3 N–H and O–H groups in total. The maximum absolute atomic E-state index is 13.5. The SMILES string of the molecule is CC(NC(=O)N1CCC2(CCn3nc(-c4cnc(N)c(OC(F)(F)F)c4)cc32)C1)c1cncc(F)c1. The highest BCUT2D eigenvalue weighted by molar-refractivity contribution is 5.75. The molecule has 0 aromatic carbocycles. The Morgan fingerprint density at radius 1 is 1.19 bits per heavy atom. The fraction of sp³-hybridized carbons (Fsp3) is 0.391. The van der Waals surface area contributed by atoms with E-state index in [1.165, 1.54) is 18.5 Å². The number of likely N-dealkylation sites (tertiary alicyclic amines) is 1. The third-order valence-corrected chi connectivity index (χ3v) is 6.74. The first kappa shape index (κ1) is 23.8. The number of urea groups is 1. The minimum absolute atomic E-state index is 0.265. The van der Waals surface area contributed by atoms with Gasteiger partial charge in [-0.3, -0.25) is 9.67 Å². The minimum Gasteiger partial charge on any atom is -0.402 e. The van der Waals surface area contributed by atoms with E-state index in [4.69, 9.17) is 5.73 Å². The van der Waals surface area contributed by atoms with Crippen LogP contribution in [0.4, 0.5) is 28.2 Å². The number of pyridine rings is 2. The van der Waals surface area contributed by atoms with E-state index in [-0.39, 0.29) is 17.3 Å². The summed E-state index contributed by atoms with van der Waals surface area (Å²) in [7, 11) is 0. The molecule has 9 nitrogen and oxygen atoms in total. The van der Waals surface area contributed by atoms with Gasteiger partial charge in [-0.1, -0.05) is 0 Å². The standard InChI is InChI=1S/C23H23F4N7O2/c1-13(14-6-16(24)11-29-9-14)31-21(35)33-4-2-22(12-33)3-5-34-19(22)8-17(32-34)15-7-18(20(28)30-10-15)36-23(25,26)27/h6-11,13H,2-5,12H2,1H3,(H2,28,30)(H,31,35). The van der Waals surface area contributed by atoms with Gasteiger partial charge in [-0.25, -0.2) is 14.2 Å². The second-order valence-electron chi connectivity index (χ2n) is 9.10. The largest absolute Gasteiger partial charge is 0.573 e. The summed E-state index contributed by atoms with van der Waals surface area (Å²) in [6.45, 7) is 3.35. The number of amides is 2. The lowest BCUT2D eigenvalue weighted by molar-refractivity contribution is -0.274. The summed E-state index contributed by atoms with van der Waals surface area (Å²) in [4.78, 5) is 22.3. The van der Waals surface area contributed by atoms with Crippen LogP contribution in [0.1, 0.15) is 37.1 Å². The van der Waals surface area contributed by atoms with Gasteiger partial charge in [0.15, 0.2) is 11.6 Å². The molecular weight excluding hydrogens is 482 g/mol. The Kier molecular flexibility index (Phi) is 5.72. The fourth-order valence-electron chi connectivity index (χ4n) is 4.89. The quantitative estimate of drug-likeness (QED) is 0.522. The average molecular weight is 505 g/mol. The van der Waals surface area contributed by atoms with Crippen LogP contribution in [0.3, 0.4) is 0 Å². The lowest BCUT2D eigenvalue weighted by atomic mass is 9.82. The molecule has 2 unspecified atom stereocenters. The number of carbonyl (C=O) groups excluding carboxylic acids is 1. The van der Waals surface area contributed by atoms with Crippen molar-refractivity contribution in [3.05, 3.63) is 53.9 Å². The number of aryl methyl sites for hydroxylation is 1. The van der Waals surface area contributed by atoms with Crippen molar-refractivity contribution in [2.24, 2.45) is 0 Å². The number of hydrogen-bond donors (Lipinski definition) is 2. The number of anilines is 1. The van der Waals surface area contributed by atoms with Crippen LogP contribution in [0.2, 0.25) is 0 Å². The van der Waals surface area contributed by atoms with E-state index >= 15 is 0 Å². The molecule has 3 aromatic rings. The number of fused-ring (bicyclic) bond motifs is 2. The van der Waals surface area contributed by atoms with E-state index in [0.717, 1.165) is 24.4 Å². The Bertz CT molecular complexity index is 1310. The summed E-state index contributed by atoms with van der Waals surface area (Å²) < 4.78 is 57.4. The van der Waals surface area contributed by atoms with E-state index in [9.17, 15) is 22.4 Å². The average Bonchev–Trinajstić information content (AvgIpc) is 3.51. The summed E-state index contributed by atoms with van der Waals surface area (Å²) >= 11 is 0. The molecule has 0 radical (unpaired) electrons. The lowest BCUT2D eigenvalue weighted by Crippen LogP contribution is -2.41. The Labute approximate surface area is 203 Å². The predicted molar refractivity (Wildman–Crippen MR) is 120 cm³/mol. The smallest absolute Gasteiger partial charge is 0.402 e. The second-order valence-corrected chi connectivity index (χ2v) is 9.10. The molecule has 190 valence electrons. The first-order chi connectivity index (χ1) is 17.0. The maximum Gasteiger partial charge on any atom is 0.573 e. The number of halogens is 4. The topological polar surface area (TPSA) is 111 Å². The van der Waals surface area contributed by atoms with Gasteiger partial charge >= 0.3 is 12.4 Å². The van der Waals surface area contributed by atoms with Gasteiger partial charge in [0.2, 0.25) is 0 Å². The van der Waals surface area contributed by atoms with Crippen LogP contribution >= 0.6 is 0 Å². The molecule has 3 aromatic heterocycles. The summed E-state index contributed by atoms with van der Waals surface area (Å²) in [6.07, 6.45) is 0.554. The van der Waals surface area contributed by atoms with Crippen molar-refractivity contribution in [2.75, 3.05) is 18.8 Å². The summed E-state index contributed by atoms with van der Waals surface area (Å²) in [6, 6.07) is 3.62. The third-order valence-electron chi connectivity index (χ3n) is 6.74. The summed E-state index contributed by atoms with van der Waals surface area (Å²) in [5.74, 6) is -1.44. The zero-order chi connectivity index (χ0) is 25.7. The number of hydrogen-bond acceptors (Lipinski definition) is 6. The molecule has 2 amide bonds. The van der Waals surface area contributed by atoms with Crippen molar-refractivity contribution in [3.8, 4) is 17.0 Å². The molecule has 2 aliphatic rings. The lowest BCUT2D eigenvalue weighted by Gasteiger charge is -2.25. The Morgan fingerprint density at radius 3 is 2.72 bits per heavy atom. The first-order valence-corrected chi connectivity index (χ1v) is 11.3. The predicted octanol–water partition coefficient (Wildman–Crippen LogP) is 3.78. The van der Waals surface area contributed by atoms with E-state index in [1.54, 1.807) is 11.8 Å². The molecular formula is C23H23F4N7O2. The Balaban J connectivity index is 1.32. The van der Waals surface area contributed by atoms with Gasteiger partial charge in [0.1, 0.15) is 5.82 Å². The number of ether oxygens (including phenoxy) is 1. The van der Waals surface area contributed by atoms with Gasteiger partial charge < -0.3 is 20.7 Å². The van der Waals surface area contributed by atoms with Gasteiger partial charge in [0, 0.05) is 48.7 Å². The molecule has 0 saturated carbocycles. The number of rotatable bonds is 4. The van der Waals surface area contributed by atoms with Crippen LogP contribution in [0.5, 0.6) is 5.75 Å². The zero-order valence-electron chi connectivity index (χ0n) is 19.2. The third kappa shape index (κ3) is 4.52. The number of nitrogens with one attached hydrogen (secondary N) is 1. The second kappa shape index (κ2) is 8.64. The molecule has 1 saturated heterocycles. The Hall–Kier alpha value is -3.90. The molecule has 1 fully saturated rings. The van der Waals surface area contributed by atoms with E-state index in [1.807, 2.05) is 10.7 Å². The van der Waals surface area contributed by atoms with Crippen molar-refractivity contribution in [2.45, 2.75) is 44.1 Å². The number of aromatic nitrogens is 4. The van der Waals surface area contributed by atoms with E-state index in [0.29, 0.717) is 42.9 Å². The molecule has 2 aliphatic heterocycles. The molecule has 5 heterocycles. The minimum atomic E-state index is -4.90. The Morgan fingerprint density at radius 2 is 1.97 bits per heavy atom. The van der Waals surface area contributed by atoms with Crippen molar-refractivity contribution >= 4 is 11.8 Å². The number of carbonyl (C=O) groups is 1. The van der Waals surface area contributed by atoms with E-state index in [2.05, 4.69) is 25.1 Å². The zero-order valence-corrected chi connectivity index (χ0v) is 19.2. The van der Waals surface area contributed by atoms with Crippen LogP contribution in [-0.4, -0.2) is 50.1 Å². The van der Waals surface area contributed by atoms with Crippen LogP contribution in [-0.2, 0) is 12.0 Å². The number of nitrogens with zero attached hydrogens (tertiary/aromatic N) is 5. The highest BCUT2D eigenvalue weighted by Gasteiger charge is 2.47. The molecule has 0 aliphatic carbocycles. The van der Waals surface area contributed by atoms with Gasteiger partial charge in [-0.15, -0.1) is 13.2 Å². The first-order valence-electron chi connectivity index (χ1n) is 11.3. The molecule has 36 heavy (non-hydrogen) atoms. The number of nitrogens with two attached hydrogens (primary N) is 1. The number of alkyl halides is 3. The molecule has 2 atom stereocenters. The highest BCUT2D eigenvalue weighted by Crippen LogP contribution is 2.44. The van der Waals surface area contributed by atoms with Gasteiger partial charge in [0.05, 0.1) is 17.9 Å². The van der Waals surface area contributed by atoms with Crippen molar-refractivity contribution in [1.82, 2.24) is 30.0 Å². The van der Waals surface area contributed by atoms with E-state index < -0.39 is 24.0 Å². The van der Waals surface area contributed by atoms with Crippen LogP contribution in [0, 0.1) is 5.82 Å². The summed E-state index contributed by atoms with van der Waals surface area (Å²) in [5, 5.41) is 7.44. The molecule has 5 rings (SSSR count). The normalized spacial score (nSPS) is 20.0. The number of nitrogen functional groups attached to an aromatic ring is 1. The van der Waals surface area contributed by atoms with Crippen LogP contribution < -0.4 is 15.8 Å². The van der Waals surface area contributed by atoms with Gasteiger partial charge in [0.25, 0.3) is 0 Å². The molecule has 13 heteroatoms. The fourth-order valence-corrected chi connectivity index (χ4v) is 4.89. The van der Waals surface area contributed by atoms with Crippen molar-refractivity contribution < 1.29 is 27.1 Å². The monoisotopic (exact) mass is 505 g/mol. The molecule has 0 bridgehead atoms. The van der Waals surface area contributed by atoms with Crippen molar-refractivity contribution in [1.29, 1.82) is 0 Å². The highest BCUT2D eigenvalue weighted by atomic mass is 19.4. The van der Waals surface area contributed by atoms with Gasteiger partial charge in [-0.05, 0) is 43.5 Å². The maximum atomic E-state index is 13.5. The van der Waals surface area contributed by atoms with Crippen LogP contribution in [0.25, 0.3) is 11.3 Å². The molecule has 1 spiro atoms. The van der Waals surface area contributed by atoms with Crippen LogP contribution in [0.15, 0.2) is 36.8 Å². The van der Waals surface area contributed by atoms with Gasteiger partial charge in [-0.2, -0.15) is 5.10 Å². The van der Waals surface area contributed by atoms with Crippen molar-refractivity contribution in [3.63, 3.8) is 0 Å².